The van der Waals surface area contributed by atoms with E-state index in [9.17, 15) is 27.2 Å². The summed E-state index contributed by atoms with van der Waals surface area (Å²) >= 11 is 0. The Hall–Kier alpha value is -3.99. The molecule has 0 aliphatic rings. The first-order valence-corrected chi connectivity index (χ1v) is 12.4. The van der Waals surface area contributed by atoms with Gasteiger partial charge in [-0.1, -0.05) is 12.1 Å². The van der Waals surface area contributed by atoms with Crippen LogP contribution in [0.4, 0.5) is 10.1 Å². The Morgan fingerprint density at radius 3 is 2.42 bits per heavy atom. The highest BCUT2D eigenvalue weighted by Gasteiger charge is 2.24. The lowest BCUT2D eigenvalue weighted by molar-refractivity contribution is 0.0472. The quantitative estimate of drug-likeness (QED) is 0.323. The Bertz CT molecular complexity index is 1440. The van der Waals surface area contributed by atoms with Gasteiger partial charge in [-0.05, 0) is 69.2 Å². The molecule has 0 atom stereocenters. The molecule has 9 nitrogen and oxygen atoms in total. The van der Waals surface area contributed by atoms with Crippen LogP contribution in [-0.2, 0) is 19.5 Å². The molecule has 0 spiro atoms. The first-order chi connectivity index (χ1) is 16.9. The number of carbonyl (C=O) groups is 3. The lowest BCUT2D eigenvalue weighted by Gasteiger charge is -2.11. The molecule has 11 heteroatoms. The van der Waals surface area contributed by atoms with Crippen molar-refractivity contribution in [1.29, 1.82) is 0 Å². The Balaban J connectivity index is 1.72. The summed E-state index contributed by atoms with van der Waals surface area (Å²) in [4.78, 5) is 39.9. The summed E-state index contributed by atoms with van der Waals surface area (Å²) in [5.74, 6) is -2.69. The van der Waals surface area contributed by atoms with Crippen molar-refractivity contribution in [1.82, 2.24) is 4.98 Å². The number of rotatable bonds is 9. The van der Waals surface area contributed by atoms with Gasteiger partial charge in [-0.3, -0.25) is 9.52 Å². The third-order valence-corrected chi connectivity index (χ3v) is 6.84. The Morgan fingerprint density at radius 2 is 1.72 bits per heavy atom. The van der Waals surface area contributed by atoms with E-state index in [0.717, 1.165) is 12.1 Å². The largest absolute Gasteiger partial charge is 0.462 e. The standard InChI is InChI=1S/C25H25FN2O7S/c1-5-34-25(31)22-15(3)23(27-16(22)4)20(29)13-35-24(30)17-7-6-8-19(11-17)28-36(32,33)21-12-18(26)10-9-14(21)2/h6-12,27-28H,5,13H2,1-4H3. The molecule has 2 aromatic carbocycles. The minimum atomic E-state index is -4.13. The molecule has 2 N–H and O–H groups in total. The molecule has 0 aliphatic heterocycles. The molecule has 0 radical (unpaired) electrons. The molecule has 190 valence electrons. The summed E-state index contributed by atoms with van der Waals surface area (Å²) in [5, 5.41) is 0. The van der Waals surface area contributed by atoms with Crippen LogP contribution in [0, 0.1) is 26.6 Å². The highest BCUT2D eigenvalue weighted by Crippen LogP contribution is 2.22. The molecule has 3 rings (SSSR count). The highest BCUT2D eigenvalue weighted by atomic mass is 32.2. The second kappa shape index (κ2) is 10.7. The van der Waals surface area contributed by atoms with E-state index in [4.69, 9.17) is 9.47 Å². The van der Waals surface area contributed by atoms with E-state index >= 15 is 0 Å². The van der Waals surface area contributed by atoms with Gasteiger partial charge < -0.3 is 14.5 Å². The number of sulfonamides is 1. The average molecular weight is 517 g/mol. The number of aryl methyl sites for hydroxylation is 2. The van der Waals surface area contributed by atoms with Crippen molar-refractivity contribution in [3.63, 3.8) is 0 Å². The fourth-order valence-corrected chi connectivity index (χ4v) is 4.91. The lowest BCUT2D eigenvalue weighted by atomic mass is 10.1. The van der Waals surface area contributed by atoms with E-state index in [1.54, 1.807) is 20.8 Å². The molecule has 0 saturated heterocycles. The number of aromatic amines is 1. The Morgan fingerprint density at radius 1 is 1.00 bits per heavy atom. The van der Waals surface area contributed by atoms with Crippen molar-refractivity contribution in [2.24, 2.45) is 0 Å². The number of halogens is 1. The lowest BCUT2D eigenvalue weighted by Crippen LogP contribution is -2.17. The number of benzene rings is 2. The highest BCUT2D eigenvalue weighted by molar-refractivity contribution is 7.92. The summed E-state index contributed by atoms with van der Waals surface area (Å²) in [6, 6.07) is 8.87. The van der Waals surface area contributed by atoms with Gasteiger partial charge >= 0.3 is 11.9 Å². The molecule has 36 heavy (non-hydrogen) atoms. The summed E-state index contributed by atoms with van der Waals surface area (Å²) in [7, 11) is -4.13. The van der Waals surface area contributed by atoms with Crippen LogP contribution < -0.4 is 4.72 Å². The van der Waals surface area contributed by atoms with Crippen LogP contribution in [0.3, 0.4) is 0 Å². The molecular weight excluding hydrogens is 491 g/mol. The number of hydrogen-bond donors (Lipinski definition) is 2. The second-order valence-corrected chi connectivity index (χ2v) is 9.59. The number of aromatic nitrogens is 1. The molecule has 3 aromatic rings. The van der Waals surface area contributed by atoms with Crippen LogP contribution in [0.5, 0.6) is 0 Å². The van der Waals surface area contributed by atoms with Gasteiger partial charge in [0.15, 0.2) is 6.61 Å². The van der Waals surface area contributed by atoms with Crippen molar-refractivity contribution in [2.45, 2.75) is 32.6 Å². The molecule has 1 heterocycles. The summed E-state index contributed by atoms with van der Waals surface area (Å²) in [5.41, 5.74) is 1.60. The number of hydrogen-bond acceptors (Lipinski definition) is 7. The van der Waals surface area contributed by atoms with Gasteiger partial charge in [0.25, 0.3) is 10.0 Å². The molecule has 0 saturated carbocycles. The third kappa shape index (κ3) is 5.80. The number of anilines is 1. The molecule has 0 unspecified atom stereocenters. The number of H-pyrrole nitrogens is 1. The molecular formula is C25H25FN2O7S. The van der Waals surface area contributed by atoms with Crippen molar-refractivity contribution in [3.8, 4) is 0 Å². The number of carbonyl (C=O) groups excluding carboxylic acids is 3. The third-order valence-electron chi connectivity index (χ3n) is 5.32. The molecule has 0 fully saturated rings. The molecule has 1 aromatic heterocycles. The van der Waals surface area contributed by atoms with Crippen LogP contribution in [0.2, 0.25) is 0 Å². The zero-order valence-corrected chi connectivity index (χ0v) is 20.9. The predicted octanol–water partition coefficient (Wildman–Crippen LogP) is 4.10. The average Bonchev–Trinajstić information content (AvgIpc) is 3.12. The minimum Gasteiger partial charge on any atom is -0.462 e. The number of Topliss-reactive ketones (excluding diaryl/α,β-unsaturated/α-hetero) is 1. The summed E-state index contributed by atoms with van der Waals surface area (Å²) < 4.78 is 51.4. The number of nitrogens with one attached hydrogen (secondary N) is 2. The summed E-state index contributed by atoms with van der Waals surface area (Å²) in [6.45, 7) is 5.98. The van der Waals surface area contributed by atoms with E-state index in [1.807, 2.05) is 0 Å². The van der Waals surface area contributed by atoms with Gasteiger partial charge in [0, 0.05) is 11.4 Å². The van der Waals surface area contributed by atoms with Gasteiger partial charge in [0.1, 0.15) is 5.82 Å². The first kappa shape index (κ1) is 26.6. The first-order valence-electron chi connectivity index (χ1n) is 10.9. The minimum absolute atomic E-state index is 0.00874. The number of esters is 2. The number of ketones is 1. The van der Waals surface area contributed by atoms with E-state index < -0.39 is 40.2 Å². The van der Waals surface area contributed by atoms with Gasteiger partial charge in [0.2, 0.25) is 5.78 Å². The van der Waals surface area contributed by atoms with Crippen LogP contribution in [0.25, 0.3) is 0 Å². The van der Waals surface area contributed by atoms with Gasteiger partial charge in [0.05, 0.1) is 28.3 Å². The fourth-order valence-electron chi connectivity index (χ4n) is 3.61. The smallest absolute Gasteiger partial charge is 0.340 e. The van der Waals surface area contributed by atoms with Gasteiger partial charge in [-0.15, -0.1) is 0 Å². The van der Waals surface area contributed by atoms with E-state index in [-0.39, 0.29) is 34.0 Å². The van der Waals surface area contributed by atoms with Crippen LogP contribution in [0.1, 0.15) is 54.9 Å². The van der Waals surface area contributed by atoms with Crippen LogP contribution in [-0.4, -0.2) is 44.3 Å². The van der Waals surface area contributed by atoms with E-state index in [2.05, 4.69) is 9.71 Å². The van der Waals surface area contributed by atoms with Crippen LogP contribution in [0.15, 0.2) is 47.4 Å². The van der Waals surface area contributed by atoms with Gasteiger partial charge in [-0.2, -0.15) is 0 Å². The van der Waals surface area contributed by atoms with E-state index in [1.165, 1.54) is 37.3 Å². The van der Waals surface area contributed by atoms with Gasteiger partial charge in [-0.25, -0.2) is 22.4 Å². The zero-order chi connectivity index (χ0) is 26.6. The molecule has 0 bridgehead atoms. The van der Waals surface area contributed by atoms with Crippen molar-refractivity contribution >= 4 is 33.4 Å². The molecule has 0 amide bonds. The van der Waals surface area contributed by atoms with Crippen molar-refractivity contribution < 1.29 is 36.7 Å². The fraction of sp³-hybridized carbons (Fsp3) is 0.240. The van der Waals surface area contributed by atoms with E-state index in [0.29, 0.717) is 16.8 Å². The van der Waals surface area contributed by atoms with Crippen molar-refractivity contribution in [2.75, 3.05) is 17.9 Å². The summed E-state index contributed by atoms with van der Waals surface area (Å²) in [6.07, 6.45) is 0. The Kier molecular flexibility index (Phi) is 7.93. The predicted molar refractivity (Wildman–Crippen MR) is 129 cm³/mol. The monoisotopic (exact) mass is 516 g/mol. The maximum atomic E-state index is 13.6. The normalized spacial score (nSPS) is 11.1. The number of ether oxygens (including phenoxy) is 2. The maximum absolute atomic E-state index is 13.6. The van der Waals surface area contributed by atoms with Crippen molar-refractivity contribution in [3.05, 3.63) is 81.9 Å². The molecule has 0 aliphatic carbocycles. The Labute approximate surface area is 207 Å². The van der Waals surface area contributed by atoms with Crippen LogP contribution >= 0.6 is 0 Å². The second-order valence-electron chi connectivity index (χ2n) is 7.94. The topological polar surface area (TPSA) is 132 Å². The zero-order valence-electron chi connectivity index (χ0n) is 20.1. The SMILES string of the molecule is CCOC(=O)c1c(C)[nH]c(C(=O)COC(=O)c2cccc(NS(=O)(=O)c3cc(F)ccc3C)c2)c1C. The maximum Gasteiger partial charge on any atom is 0.340 e.